The minimum Gasteiger partial charge on any atom is -0.292 e. The van der Waals surface area contributed by atoms with Crippen LogP contribution in [-0.4, -0.2) is 37.4 Å². The third kappa shape index (κ3) is 6.02. The van der Waals surface area contributed by atoms with E-state index < -0.39 is 39.6 Å². The molecule has 11 nitrogen and oxygen atoms in total. The summed E-state index contributed by atoms with van der Waals surface area (Å²) < 4.78 is 0.195. The number of hydrogen-bond acceptors (Lipinski definition) is 9. The van der Waals surface area contributed by atoms with Crippen molar-refractivity contribution >= 4 is 63.3 Å². The van der Waals surface area contributed by atoms with Crippen LogP contribution in [0.25, 0.3) is 6.08 Å². The number of nitrogens with zero attached hydrogens (tertiary/aromatic N) is 3. The van der Waals surface area contributed by atoms with Gasteiger partial charge in [-0.15, -0.1) is 0 Å². The van der Waals surface area contributed by atoms with Crippen LogP contribution in [0.4, 0.5) is 17.1 Å². The van der Waals surface area contributed by atoms with Crippen LogP contribution in [0.5, 0.6) is 0 Å². The zero-order valence-corrected chi connectivity index (χ0v) is 19.2. The monoisotopic (exact) mass is 499 g/mol. The molecule has 1 aliphatic rings. The van der Waals surface area contributed by atoms with Crippen LogP contribution in [0.3, 0.4) is 0 Å². The molecule has 2 aromatic carbocycles. The molecule has 0 atom stereocenters. The summed E-state index contributed by atoms with van der Waals surface area (Å²) in [4.78, 5) is 47.0. The lowest BCUT2D eigenvalue weighted by Gasteiger charge is -2.15. The van der Waals surface area contributed by atoms with Crippen molar-refractivity contribution < 1.29 is 19.4 Å². The molecular weight excluding hydrogens is 482 g/mol. The first-order chi connectivity index (χ1) is 16.2. The number of nitro groups is 2. The molecule has 1 aliphatic heterocycles. The van der Waals surface area contributed by atoms with E-state index in [1.807, 2.05) is 43.3 Å². The van der Waals surface area contributed by atoms with Gasteiger partial charge in [-0.1, -0.05) is 60.4 Å². The summed E-state index contributed by atoms with van der Waals surface area (Å²) in [5, 5.41) is 22.0. The van der Waals surface area contributed by atoms with Crippen molar-refractivity contribution in [3.05, 3.63) is 90.9 Å². The second-order valence-corrected chi connectivity index (χ2v) is 8.63. The summed E-state index contributed by atoms with van der Waals surface area (Å²) in [5.74, 6) is -1.13. The second kappa shape index (κ2) is 10.7. The Balaban J connectivity index is 1.65. The van der Waals surface area contributed by atoms with Crippen molar-refractivity contribution in [1.29, 1.82) is 0 Å². The first-order valence-corrected chi connectivity index (χ1v) is 10.8. The highest BCUT2D eigenvalue weighted by atomic mass is 32.2. The van der Waals surface area contributed by atoms with Crippen LogP contribution in [0.2, 0.25) is 0 Å². The van der Waals surface area contributed by atoms with Gasteiger partial charge in [-0.2, -0.15) is 0 Å². The molecule has 0 aliphatic carbocycles. The number of anilines is 1. The predicted molar refractivity (Wildman–Crippen MR) is 132 cm³/mol. The number of hydrogen-bond donors (Lipinski definition) is 2. The van der Waals surface area contributed by atoms with Crippen molar-refractivity contribution in [1.82, 2.24) is 10.3 Å². The van der Waals surface area contributed by atoms with E-state index in [1.54, 1.807) is 6.08 Å². The second-order valence-electron chi connectivity index (χ2n) is 6.96. The molecule has 1 heterocycles. The number of carbonyl (C=O) groups is 2. The number of thioether (sulfide) groups is 1. The van der Waals surface area contributed by atoms with E-state index in [4.69, 9.17) is 12.2 Å². The average Bonchev–Trinajstić information content (AvgIpc) is 3.05. The zero-order chi connectivity index (χ0) is 24.8. The number of amides is 2. The van der Waals surface area contributed by atoms with E-state index in [0.29, 0.717) is 4.91 Å². The molecule has 1 fully saturated rings. The van der Waals surface area contributed by atoms with Crippen LogP contribution in [0.1, 0.15) is 12.5 Å². The standard InChI is InChI=1S/C21H17N5O6S2/c1-13(9-14-5-3-2-4-6-14)10-18-20(28)24(21(33)34-18)12-19(27)23-22-16-8-7-15(25(29)30)11-17(16)26(31)32/h2-11,22H,12H2,1H3,(H,23,27)/b13-9+,18-10-. The van der Waals surface area contributed by atoms with Gasteiger partial charge < -0.3 is 0 Å². The van der Waals surface area contributed by atoms with Crippen molar-refractivity contribution in [2.24, 2.45) is 0 Å². The lowest BCUT2D eigenvalue weighted by atomic mass is 10.1. The zero-order valence-electron chi connectivity index (χ0n) is 17.6. The maximum atomic E-state index is 12.7. The molecule has 13 heteroatoms. The Kier molecular flexibility index (Phi) is 7.71. The van der Waals surface area contributed by atoms with Gasteiger partial charge in [0.25, 0.3) is 17.5 Å². The fourth-order valence-corrected chi connectivity index (χ4v) is 4.21. The van der Waals surface area contributed by atoms with Gasteiger partial charge in [0, 0.05) is 6.07 Å². The summed E-state index contributed by atoms with van der Waals surface area (Å²) in [7, 11) is 0. The molecule has 0 saturated carbocycles. The van der Waals surface area contributed by atoms with Crippen molar-refractivity contribution in [2.45, 2.75) is 6.92 Å². The Labute approximate surface area is 202 Å². The molecule has 1 saturated heterocycles. The van der Waals surface area contributed by atoms with Crippen LogP contribution >= 0.6 is 24.0 Å². The Morgan fingerprint density at radius 2 is 1.85 bits per heavy atom. The highest BCUT2D eigenvalue weighted by Gasteiger charge is 2.33. The molecule has 0 radical (unpaired) electrons. The van der Waals surface area contributed by atoms with Gasteiger partial charge in [-0.3, -0.25) is 45.6 Å². The lowest BCUT2D eigenvalue weighted by molar-refractivity contribution is -0.393. The first-order valence-electron chi connectivity index (χ1n) is 9.62. The minimum absolute atomic E-state index is 0.157. The maximum absolute atomic E-state index is 12.7. The fraction of sp³-hybridized carbons (Fsp3) is 0.0952. The van der Waals surface area contributed by atoms with E-state index in [9.17, 15) is 29.8 Å². The molecule has 3 rings (SSSR count). The Morgan fingerprint density at radius 1 is 1.15 bits per heavy atom. The molecular formula is C21H17N5O6S2. The number of rotatable bonds is 8. The third-order valence-corrected chi connectivity index (χ3v) is 5.83. The highest BCUT2D eigenvalue weighted by Crippen LogP contribution is 2.32. The summed E-state index contributed by atoms with van der Waals surface area (Å²) in [5.41, 5.74) is 5.18. The Bertz CT molecular complexity index is 1250. The number of hydrazine groups is 1. The topological polar surface area (TPSA) is 148 Å². The number of nitro benzene ring substituents is 2. The number of carbonyl (C=O) groups excluding carboxylic acids is 2. The van der Waals surface area contributed by atoms with Gasteiger partial charge in [0.2, 0.25) is 0 Å². The van der Waals surface area contributed by atoms with Crippen LogP contribution in [0, 0.1) is 20.2 Å². The van der Waals surface area contributed by atoms with E-state index in [-0.39, 0.29) is 10.0 Å². The van der Waals surface area contributed by atoms with E-state index in [0.717, 1.165) is 46.0 Å². The van der Waals surface area contributed by atoms with Gasteiger partial charge in [-0.05, 0) is 30.2 Å². The molecule has 0 spiro atoms. The molecule has 174 valence electrons. The van der Waals surface area contributed by atoms with Crippen LogP contribution in [0.15, 0.2) is 65.1 Å². The summed E-state index contributed by atoms with van der Waals surface area (Å²) in [6, 6.07) is 12.5. The van der Waals surface area contributed by atoms with Gasteiger partial charge in [0.15, 0.2) is 0 Å². The number of nitrogens with one attached hydrogen (secondary N) is 2. The number of thiocarbonyl (C=S) groups is 1. The molecule has 2 amide bonds. The molecule has 0 unspecified atom stereocenters. The first kappa shape index (κ1) is 24.5. The van der Waals surface area contributed by atoms with Crippen molar-refractivity contribution in [3.63, 3.8) is 0 Å². The highest BCUT2D eigenvalue weighted by molar-refractivity contribution is 8.26. The average molecular weight is 500 g/mol. The molecule has 0 aromatic heterocycles. The maximum Gasteiger partial charge on any atom is 0.300 e. The lowest BCUT2D eigenvalue weighted by Crippen LogP contribution is -2.41. The quantitative estimate of drug-likeness (QED) is 0.239. The number of benzene rings is 2. The van der Waals surface area contributed by atoms with E-state index >= 15 is 0 Å². The van der Waals surface area contributed by atoms with Crippen LogP contribution in [-0.2, 0) is 9.59 Å². The van der Waals surface area contributed by atoms with Gasteiger partial charge >= 0.3 is 5.69 Å². The summed E-state index contributed by atoms with van der Waals surface area (Å²) >= 11 is 6.28. The molecule has 2 aromatic rings. The van der Waals surface area contributed by atoms with E-state index in [2.05, 4.69) is 10.9 Å². The Morgan fingerprint density at radius 3 is 2.50 bits per heavy atom. The largest absolute Gasteiger partial charge is 0.300 e. The molecule has 0 bridgehead atoms. The third-order valence-electron chi connectivity index (χ3n) is 4.45. The fourth-order valence-electron chi connectivity index (χ4n) is 2.91. The molecule has 2 N–H and O–H groups in total. The van der Waals surface area contributed by atoms with Crippen molar-refractivity contribution in [3.8, 4) is 0 Å². The van der Waals surface area contributed by atoms with Crippen molar-refractivity contribution in [2.75, 3.05) is 12.0 Å². The van der Waals surface area contributed by atoms with Crippen LogP contribution < -0.4 is 10.9 Å². The normalized spacial score (nSPS) is 14.9. The minimum atomic E-state index is -0.820. The summed E-state index contributed by atoms with van der Waals surface area (Å²) in [6.45, 7) is 1.42. The van der Waals surface area contributed by atoms with E-state index in [1.165, 1.54) is 0 Å². The molecule has 34 heavy (non-hydrogen) atoms. The van der Waals surface area contributed by atoms with Gasteiger partial charge in [-0.25, -0.2) is 0 Å². The summed E-state index contributed by atoms with van der Waals surface area (Å²) in [6.07, 6.45) is 3.59. The number of non-ortho nitro benzene ring substituents is 1. The predicted octanol–water partition coefficient (Wildman–Crippen LogP) is 3.79. The smallest absolute Gasteiger partial charge is 0.292 e. The van der Waals surface area contributed by atoms with Gasteiger partial charge in [0.1, 0.15) is 16.6 Å². The Hall–Kier alpha value is -4.10. The van der Waals surface area contributed by atoms with Gasteiger partial charge in [0.05, 0.1) is 20.8 Å². The SMILES string of the molecule is CC(/C=C1\SC(=S)N(CC(=O)NNc2ccc([N+](=O)[O-])cc2[N+](=O)[O-])C1=O)=C\c1ccccc1. The number of allylic oxidation sites excluding steroid dienone is 2.